The molecule has 100 valence electrons. The van der Waals surface area contributed by atoms with E-state index < -0.39 is 37.6 Å². The van der Waals surface area contributed by atoms with Gasteiger partial charge >= 0.3 is 0 Å². The first-order chi connectivity index (χ1) is 7.98. The number of hydrogen-bond acceptors (Lipinski definition) is 3. The molecule has 0 radical (unpaired) electrons. The summed E-state index contributed by atoms with van der Waals surface area (Å²) in [6, 6.07) is 1.61. The van der Waals surface area contributed by atoms with Crippen LogP contribution in [-0.4, -0.2) is 25.2 Å². The molecule has 0 aromatic heterocycles. The minimum absolute atomic E-state index is 0.0567. The Bertz CT molecular complexity index is 604. The van der Waals surface area contributed by atoms with Gasteiger partial charge in [0.1, 0.15) is 16.4 Å². The van der Waals surface area contributed by atoms with Crippen LogP contribution in [0.2, 0.25) is 0 Å². The van der Waals surface area contributed by atoms with Crippen molar-refractivity contribution in [1.82, 2.24) is 0 Å². The van der Waals surface area contributed by atoms with Gasteiger partial charge in [0, 0.05) is 6.26 Å². The smallest absolute Gasteiger partial charge is 0.186 e. The molecule has 0 spiro atoms. The summed E-state index contributed by atoms with van der Waals surface area (Å²) in [6.45, 7) is 3.69. The molecule has 18 heavy (non-hydrogen) atoms. The standard InChI is InChI=1S/C12H14F2O3S/c1-7-5-10(14)8(6-9(7)13)11(15)12(2,3)18(4,16)17/h5-6H,1-4H3. The van der Waals surface area contributed by atoms with Crippen molar-refractivity contribution in [1.29, 1.82) is 0 Å². The van der Waals surface area contributed by atoms with Gasteiger partial charge in [0.2, 0.25) is 0 Å². The van der Waals surface area contributed by atoms with Gasteiger partial charge in [0.15, 0.2) is 15.6 Å². The quantitative estimate of drug-likeness (QED) is 0.796. The molecular formula is C12H14F2O3S. The van der Waals surface area contributed by atoms with Crippen LogP contribution in [0.3, 0.4) is 0 Å². The lowest BCUT2D eigenvalue weighted by Gasteiger charge is -2.21. The minimum atomic E-state index is -3.73. The Morgan fingerprint density at radius 2 is 1.67 bits per heavy atom. The lowest BCUT2D eigenvalue weighted by Crippen LogP contribution is -2.40. The van der Waals surface area contributed by atoms with Crippen LogP contribution in [0, 0.1) is 18.6 Å². The topological polar surface area (TPSA) is 51.2 Å². The van der Waals surface area contributed by atoms with Gasteiger partial charge in [0.05, 0.1) is 5.56 Å². The molecule has 6 heteroatoms. The molecule has 1 rings (SSSR count). The summed E-state index contributed by atoms with van der Waals surface area (Å²) in [5.74, 6) is -2.62. The molecule has 1 aromatic rings. The number of ketones is 1. The van der Waals surface area contributed by atoms with E-state index >= 15 is 0 Å². The first kappa shape index (κ1) is 14.8. The number of hydrogen-bond donors (Lipinski definition) is 0. The third-order valence-corrected chi connectivity index (χ3v) is 5.01. The Kier molecular flexibility index (Phi) is 3.63. The largest absolute Gasteiger partial charge is 0.292 e. The maximum atomic E-state index is 13.6. The highest BCUT2D eigenvalue weighted by atomic mass is 32.2. The minimum Gasteiger partial charge on any atom is -0.292 e. The normalized spacial score (nSPS) is 12.6. The van der Waals surface area contributed by atoms with E-state index in [9.17, 15) is 22.0 Å². The molecule has 0 aliphatic carbocycles. The Balaban J connectivity index is 3.42. The number of carbonyl (C=O) groups is 1. The number of benzene rings is 1. The van der Waals surface area contributed by atoms with Gasteiger partial charge in [0.25, 0.3) is 0 Å². The monoisotopic (exact) mass is 276 g/mol. The molecule has 0 fully saturated rings. The number of rotatable bonds is 3. The van der Waals surface area contributed by atoms with Crippen molar-refractivity contribution in [2.24, 2.45) is 0 Å². The number of Topliss-reactive ketones (excluding diaryl/α,β-unsaturated/α-hetero) is 1. The lowest BCUT2D eigenvalue weighted by molar-refractivity contribution is 0.0949. The Hall–Kier alpha value is -1.30. The molecule has 0 N–H and O–H groups in total. The van der Waals surface area contributed by atoms with E-state index in [1.807, 2.05) is 0 Å². The van der Waals surface area contributed by atoms with E-state index in [1.54, 1.807) is 0 Å². The second-order valence-electron chi connectivity index (χ2n) is 4.69. The van der Waals surface area contributed by atoms with Crippen LogP contribution in [-0.2, 0) is 9.84 Å². The maximum absolute atomic E-state index is 13.6. The number of halogens is 2. The van der Waals surface area contributed by atoms with Crippen LogP contribution in [0.1, 0.15) is 29.8 Å². The van der Waals surface area contributed by atoms with Crippen LogP contribution < -0.4 is 0 Å². The summed E-state index contributed by atoms with van der Waals surface area (Å²) in [7, 11) is -3.73. The summed E-state index contributed by atoms with van der Waals surface area (Å²) in [5, 5.41) is 0. The highest BCUT2D eigenvalue weighted by molar-refractivity contribution is 7.92. The van der Waals surface area contributed by atoms with Crippen molar-refractivity contribution in [2.45, 2.75) is 25.5 Å². The molecule has 0 aliphatic heterocycles. The lowest BCUT2D eigenvalue weighted by atomic mass is 9.98. The second-order valence-corrected chi connectivity index (χ2v) is 7.26. The predicted octanol–water partition coefficient (Wildman–Crippen LogP) is 2.28. The molecule has 3 nitrogen and oxygen atoms in total. The van der Waals surface area contributed by atoms with Crippen LogP contribution in [0.5, 0.6) is 0 Å². The average molecular weight is 276 g/mol. The summed E-state index contributed by atoms with van der Waals surface area (Å²) < 4.78 is 48.1. The molecule has 0 heterocycles. The van der Waals surface area contributed by atoms with Gasteiger partial charge in [-0.15, -0.1) is 0 Å². The number of aryl methyl sites for hydroxylation is 1. The van der Waals surface area contributed by atoms with Crippen molar-refractivity contribution in [3.05, 3.63) is 34.9 Å². The molecule has 1 aromatic carbocycles. The molecule has 0 atom stereocenters. The van der Waals surface area contributed by atoms with E-state index in [2.05, 4.69) is 0 Å². The third-order valence-electron chi connectivity index (χ3n) is 2.97. The maximum Gasteiger partial charge on any atom is 0.186 e. The Morgan fingerprint density at radius 3 is 2.11 bits per heavy atom. The highest BCUT2D eigenvalue weighted by Crippen LogP contribution is 2.24. The van der Waals surface area contributed by atoms with Crippen LogP contribution in [0.25, 0.3) is 0 Å². The number of carbonyl (C=O) groups excluding carboxylic acids is 1. The summed E-state index contributed by atoms with van der Waals surface area (Å²) in [4.78, 5) is 12.0. The fraction of sp³-hybridized carbons (Fsp3) is 0.417. The van der Waals surface area contributed by atoms with E-state index in [4.69, 9.17) is 0 Å². The van der Waals surface area contributed by atoms with Crippen LogP contribution >= 0.6 is 0 Å². The van der Waals surface area contributed by atoms with Crippen LogP contribution in [0.4, 0.5) is 8.78 Å². The number of sulfone groups is 1. The zero-order chi connectivity index (χ0) is 14.3. The van der Waals surface area contributed by atoms with Crippen LogP contribution in [0.15, 0.2) is 12.1 Å². The van der Waals surface area contributed by atoms with Crippen molar-refractivity contribution in [3.8, 4) is 0 Å². The van der Waals surface area contributed by atoms with Gasteiger partial charge in [-0.3, -0.25) is 4.79 Å². The Morgan fingerprint density at radius 1 is 1.17 bits per heavy atom. The van der Waals surface area contributed by atoms with Crippen molar-refractivity contribution in [2.75, 3.05) is 6.26 Å². The summed E-state index contributed by atoms with van der Waals surface area (Å²) in [5.41, 5.74) is -0.491. The molecule has 0 unspecified atom stereocenters. The van der Waals surface area contributed by atoms with Gasteiger partial charge in [-0.1, -0.05) is 0 Å². The van der Waals surface area contributed by atoms with E-state index in [0.29, 0.717) is 0 Å². The molecule has 0 amide bonds. The molecule has 0 saturated carbocycles. The van der Waals surface area contributed by atoms with Gasteiger partial charge in [-0.2, -0.15) is 0 Å². The fourth-order valence-electron chi connectivity index (χ4n) is 1.31. The predicted molar refractivity (Wildman–Crippen MR) is 64.3 cm³/mol. The molecule has 0 bridgehead atoms. The zero-order valence-electron chi connectivity index (χ0n) is 10.5. The SMILES string of the molecule is Cc1cc(F)c(C(=O)C(C)(C)S(C)(=O)=O)cc1F. The first-order valence-corrected chi connectivity index (χ1v) is 7.07. The molecule has 0 saturated heterocycles. The Labute approximate surface area is 105 Å². The second kappa shape index (κ2) is 4.42. The van der Waals surface area contributed by atoms with E-state index in [1.165, 1.54) is 20.8 Å². The summed E-state index contributed by atoms with van der Waals surface area (Å²) in [6.07, 6.45) is 0.882. The fourth-order valence-corrected chi connectivity index (χ4v) is 1.76. The first-order valence-electron chi connectivity index (χ1n) is 5.18. The summed E-state index contributed by atoms with van der Waals surface area (Å²) >= 11 is 0. The van der Waals surface area contributed by atoms with E-state index in [-0.39, 0.29) is 5.56 Å². The van der Waals surface area contributed by atoms with E-state index in [0.717, 1.165) is 18.4 Å². The average Bonchev–Trinajstić information content (AvgIpc) is 2.20. The zero-order valence-corrected chi connectivity index (χ0v) is 11.4. The van der Waals surface area contributed by atoms with Crippen molar-refractivity contribution >= 4 is 15.6 Å². The van der Waals surface area contributed by atoms with Gasteiger partial charge in [-0.25, -0.2) is 17.2 Å². The molecule has 0 aliphatic rings. The van der Waals surface area contributed by atoms with Crippen molar-refractivity contribution in [3.63, 3.8) is 0 Å². The highest BCUT2D eigenvalue weighted by Gasteiger charge is 2.40. The van der Waals surface area contributed by atoms with Gasteiger partial charge < -0.3 is 0 Å². The van der Waals surface area contributed by atoms with Crippen molar-refractivity contribution < 1.29 is 22.0 Å². The van der Waals surface area contributed by atoms with Gasteiger partial charge in [-0.05, 0) is 38.5 Å². The molecular weight excluding hydrogens is 262 g/mol. The third kappa shape index (κ3) is 2.43.